The highest BCUT2D eigenvalue weighted by Gasteiger charge is 2.14. The molecule has 110 valence electrons. The van der Waals surface area contributed by atoms with Crippen LogP contribution in [0.25, 0.3) is 0 Å². The highest BCUT2D eigenvalue weighted by molar-refractivity contribution is 5.28. The third-order valence-corrected chi connectivity index (χ3v) is 3.57. The SMILES string of the molecule is Fc1ccc(Oc2cnc(CC3CCCCN3)nc2)cc1. The van der Waals surface area contributed by atoms with Crippen molar-refractivity contribution in [3.63, 3.8) is 0 Å². The lowest BCUT2D eigenvalue weighted by Gasteiger charge is -2.22. The molecule has 1 aromatic carbocycles. The van der Waals surface area contributed by atoms with Crippen molar-refractivity contribution in [2.24, 2.45) is 0 Å². The van der Waals surface area contributed by atoms with Gasteiger partial charge in [-0.3, -0.25) is 0 Å². The summed E-state index contributed by atoms with van der Waals surface area (Å²) in [6, 6.07) is 6.35. The summed E-state index contributed by atoms with van der Waals surface area (Å²) < 4.78 is 18.4. The van der Waals surface area contributed by atoms with Gasteiger partial charge in [0.05, 0.1) is 12.4 Å². The van der Waals surface area contributed by atoms with Crippen molar-refractivity contribution in [3.05, 3.63) is 48.3 Å². The summed E-state index contributed by atoms with van der Waals surface area (Å²) in [5, 5.41) is 3.48. The number of aromatic nitrogens is 2. The number of benzene rings is 1. The van der Waals surface area contributed by atoms with E-state index in [-0.39, 0.29) is 5.82 Å². The molecule has 1 aliphatic rings. The van der Waals surface area contributed by atoms with E-state index in [1.165, 1.54) is 31.4 Å². The van der Waals surface area contributed by atoms with Gasteiger partial charge >= 0.3 is 0 Å². The molecule has 2 heterocycles. The zero-order valence-corrected chi connectivity index (χ0v) is 11.8. The minimum Gasteiger partial charge on any atom is -0.454 e. The first-order valence-electron chi connectivity index (χ1n) is 7.27. The summed E-state index contributed by atoms with van der Waals surface area (Å²) in [6.45, 7) is 1.08. The second-order valence-corrected chi connectivity index (χ2v) is 5.24. The Morgan fingerprint density at radius 1 is 1.10 bits per heavy atom. The van der Waals surface area contributed by atoms with Crippen LogP contribution in [0.2, 0.25) is 0 Å². The number of nitrogens with one attached hydrogen (secondary N) is 1. The Bertz CT molecular complexity index is 565. The van der Waals surface area contributed by atoms with Crippen LogP contribution in [0.1, 0.15) is 25.1 Å². The number of halogens is 1. The lowest BCUT2D eigenvalue weighted by molar-refractivity contribution is 0.393. The molecule has 21 heavy (non-hydrogen) atoms. The molecule has 2 aromatic rings. The molecule has 1 N–H and O–H groups in total. The van der Waals surface area contributed by atoms with Crippen LogP contribution in [0.3, 0.4) is 0 Å². The third kappa shape index (κ3) is 3.98. The van der Waals surface area contributed by atoms with Crippen LogP contribution < -0.4 is 10.1 Å². The smallest absolute Gasteiger partial charge is 0.164 e. The van der Waals surface area contributed by atoms with E-state index in [4.69, 9.17) is 4.74 Å². The molecule has 0 radical (unpaired) electrons. The van der Waals surface area contributed by atoms with E-state index in [1.54, 1.807) is 24.5 Å². The van der Waals surface area contributed by atoms with Crippen molar-refractivity contribution in [3.8, 4) is 11.5 Å². The largest absolute Gasteiger partial charge is 0.454 e. The van der Waals surface area contributed by atoms with Crippen LogP contribution in [0.15, 0.2) is 36.7 Å². The van der Waals surface area contributed by atoms with Crippen molar-refractivity contribution in [2.75, 3.05) is 6.54 Å². The first-order chi connectivity index (χ1) is 10.3. The van der Waals surface area contributed by atoms with Gasteiger partial charge in [-0.25, -0.2) is 14.4 Å². The molecule has 1 fully saturated rings. The average Bonchev–Trinajstić information content (AvgIpc) is 2.53. The maximum absolute atomic E-state index is 12.8. The molecule has 5 heteroatoms. The molecule has 1 atom stereocenters. The minimum atomic E-state index is -0.283. The number of piperidine rings is 1. The molecule has 0 amide bonds. The van der Waals surface area contributed by atoms with Gasteiger partial charge in [-0.05, 0) is 43.7 Å². The number of rotatable bonds is 4. The second-order valence-electron chi connectivity index (χ2n) is 5.24. The fourth-order valence-electron chi connectivity index (χ4n) is 2.46. The Hall–Kier alpha value is -2.01. The van der Waals surface area contributed by atoms with Gasteiger partial charge in [-0.2, -0.15) is 0 Å². The zero-order valence-electron chi connectivity index (χ0n) is 11.8. The Labute approximate surface area is 123 Å². The zero-order chi connectivity index (χ0) is 14.5. The minimum absolute atomic E-state index is 0.283. The number of hydrogen-bond acceptors (Lipinski definition) is 4. The first-order valence-corrected chi connectivity index (χ1v) is 7.27. The summed E-state index contributed by atoms with van der Waals surface area (Å²) in [5.41, 5.74) is 0. The van der Waals surface area contributed by atoms with Crippen LogP contribution in [0.4, 0.5) is 4.39 Å². The van der Waals surface area contributed by atoms with Crippen molar-refractivity contribution in [2.45, 2.75) is 31.7 Å². The fraction of sp³-hybridized carbons (Fsp3) is 0.375. The lowest BCUT2D eigenvalue weighted by atomic mass is 10.0. The molecule has 1 aliphatic heterocycles. The van der Waals surface area contributed by atoms with Crippen molar-refractivity contribution in [1.29, 1.82) is 0 Å². The van der Waals surface area contributed by atoms with Crippen LogP contribution >= 0.6 is 0 Å². The number of nitrogens with zero attached hydrogens (tertiary/aromatic N) is 2. The maximum Gasteiger partial charge on any atom is 0.164 e. The van der Waals surface area contributed by atoms with E-state index in [0.717, 1.165) is 18.8 Å². The van der Waals surface area contributed by atoms with Gasteiger partial charge in [0.25, 0.3) is 0 Å². The van der Waals surface area contributed by atoms with Gasteiger partial charge in [0.2, 0.25) is 0 Å². The molecule has 4 nitrogen and oxygen atoms in total. The monoisotopic (exact) mass is 287 g/mol. The van der Waals surface area contributed by atoms with Gasteiger partial charge in [-0.15, -0.1) is 0 Å². The van der Waals surface area contributed by atoms with Gasteiger partial charge in [0.15, 0.2) is 5.75 Å². The molecule has 0 saturated carbocycles. The predicted molar refractivity (Wildman–Crippen MR) is 77.9 cm³/mol. The number of hydrogen-bond donors (Lipinski definition) is 1. The maximum atomic E-state index is 12.8. The van der Waals surface area contributed by atoms with E-state index in [9.17, 15) is 4.39 Å². The molecule has 1 saturated heterocycles. The topological polar surface area (TPSA) is 47.0 Å². The molecule has 1 unspecified atom stereocenters. The van der Waals surface area contributed by atoms with Crippen LogP contribution in [0.5, 0.6) is 11.5 Å². The normalized spacial score (nSPS) is 18.4. The fourth-order valence-corrected chi connectivity index (χ4v) is 2.46. The molecule has 3 rings (SSSR count). The van der Waals surface area contributed by atoms with Gasteiger partial charge in [-0.1, -0.05) is 6.42 Å². The summed E-state index contributed by atoms with van der Waals surface area (Å²) in [4.78, 5) is 8.67. The Morgan fingerprint density at radius 2 is 1.86 bits per heavy atom. The average molecular weight is 287 g/mol. The summed E-state index contributed by atoms with van der Waals surface area (Å²) in [6.07, 6.45) is 7.86. The van der Waals surface area contributed by atoms with E-state index in [1.807, 2.05) is 0 Å². The van der Waals surface area contributed by atoms with Crippen LogP contribution in [-0.4, -0.2) is 22.6 Å². The summed E-state index contributed by atoms with van der Waals surface area (Å²) in [5.74, 6) is 1.67. The molecule has 0 bridgehead atoms. The van der Waals surface area contributed by atoms with E-state index in [2.05, 4.69) is 15.3 Å². The van der Waals surface area contributed by atoms with Crippen LogP contribution in [0, 0.1) is 5.82 Å². The molecular weight excluding hydrogens is 269 g/mol. The molecular formula is C16H18FN3O. The quantitative estimate of drug-likeness (QED) is 0.938. The van der Waals surface area contributed by atoms with Gasteiger partial charge < -0.3 is 10.1 Å². The highest BCUT2D eigenvalue weighted by atomic mass is 19.1. The molecule has 0 aliphatic carbocycles. The molecule has 1 aromatic heterocycles. The Morgan fingerprint density at radius 3 is 2.52 bits per heavy atom. The third-order valence-electron chi connectivity index (χ3n) is 3.57. The van der Waals surface area contributed by atoms with Crippen molar-refractivity contribution < 1.29 is 9.13 Å². The predicted octanol–water partition coefficient (Wildman–Crippen LogP) is 3.09. The Kier molecular flexibility index (Phi) is 4.40. The van der Waals surface area contributed by atoms with Gasteiger partial charge in [0.1, 0.15) is 17.4 Å². The van der Waals surface area contributed by atoms with E-state index >= 15 is 0 Å². The van der Waals surface area contributed by atoms with Crippen LogP contribution in [-0.2, 0) is 6.42 Å². The van der Waals surface area contributed by atoms with Gasteiger partial charge in [0, 0.05) is 12.5 Å². The molecule has 0 spiro atoms. The standard InChI is InChI=1S/C16H18FN3O/c17-12-4-6-14(7-5-12)21-15-10-19-16(20-11-15)9-13-3-1-2-8-18-13/h4-7,10-11,13,18H,1-3,8-9H2. The highest BCUT2D eigenvalue weighted by Crippen LogP contribution is 2.20. The second kappa shape index (κ2) is 6.63. The summed E-state index contributed by atoms with van der Waals surface area (Å²) >= 11 is 0. The first kappa shape index (κ1) is 13.9. The number of ether oxygens (including phenoxy) is 1. The van der Waals surface area contributed by atoms with Crippen molar-refractivity contribution in [1.82, 2.24) is 15.3 Å². The van der Waals surface area contributed by atoms with E-state index in [0.29, 0.717) is 17.5 Å². The summed E-state index contributed by atoms with van der Waals surface area (Å²) in [7, 11) is 0. The van der Waals surface area contributed by atoms with Crippen molar-refractivity contribution >= 4 is 0 Å². The Balaban J connectivity index is 1.59. The van der Waals surface area contributed by atoms with E-state index < -0.39 is 0 Å². The lowest BCUT2D eigenvalue weighted by Crippen LogP contribution is -2.36.